The van der Waals surface area contributed by atoms with Gasteiger partial charge in [0.15, 0.2) is 0 Å². The third-order valence-corrected chi connectivity index (χ3v) is 12.4. The van der Waals surface area contributed by atoms with Crippen molar-refractivity contribution in [2.45, 2.75) is 75.3 Å². The number of halogens is 2. The van der Waals surface area contributed by atoms with E-state index in [0.29, 0.717) is 11.1 Å². The highest BCUT2D eigenvalue weighted by Gasteiger charge is 2.56. The average molecular weight is 538 g/mol. The van der Waals surface area contributed by atoms with Crippen molar-refractivity contribution < 1.29 is 8.85 Å². The van der Waals surface area contributed by atoms with Gasteiger partial charge in [-0.15, -0.1) is 0 Å². The van der Waals surface area contributed by atoms with Crippen molar-refractivity contribution in [1.29, 1.82) is 0 Å². The van der Waals surface area contributed by atoms with Crippen LogP contribution in [-0.2, 0) is 0 Å². The molecular formula is C24H30Br2O2Si. The van der Waals surface area contributed by atoms with Crippen molar-refractivity contribution in [3.63, 3.8) is 0 Å². The first-order valence-electron chi connectivity index (χ1n) is 11.1. The van der Waals surface area contributed by atoms with Crippen LogP contribution in [0.1, 0.15) is 64.2 Å². The zero-order valence-electron chi connectivity index (χ0n) is 16.9. The van der Waals surface area contributed by atoms with E-state index in [9.17, 15) is 0 Å². The van der Waals surface area contributed by atoms with E-state index >= 15 is 0 Å². The first kappa shape index (κ1) is 21.4. The lowest BCUT2D eigenvalue weighted by molar-refractivity contribution is 0.289. The highest BCUT2D eigenvalue weighted by atomic mass is 79.9. The Balaban J connectivity index is 1.78. The van der Waals surface area contributed by atoms with E-state index in [-0.39, 0.29) is 0 Å². The van der Waals surface area contributed by atoms with E-state index in [2.05, 4.69) is 80.4 Å². The van der Waals surface area contributed by atoms with Crippen LogP contribution in [-0.4, -0.2) is 8.56 Å². The molecule has 0 atom stereocenters. The van der Waals surface area contributed by atoms with Gasteiger partial charge in [0.2, 0.25) is 0 Å². The molecular weight excluding hydrogens is 508 g/mol. The van der Waals surface area contributed by atoms with Crippen molar-refractivity contribution in [1.82, 2.24) is 0 Å². The number of para-hydroxylation sites is 2. The number of hydrogen-bond acceptors (Lipinski definition) is 2. The molecule has 0 amide bonds. The van der Waals surface area contributed by atoms with E-state index in [0.717, 1.165) is 20.4 Å². The lowest BCUT2D eigenvalue weighted by atomic mass is 9.99. The molecule has 0 bridgehead atoms. The Kier molecular flexibility index (Phi) is 7.41. The first-order valence-corrected chi connectivity index (χ1v) is 14.6. The molecule has 0 aromatic heterocycles. The lowest BCUT2D eigenvalue weighted by Gasteiger charge is -2.45. The number of rotatable bonds is 6. The van der Waals surface area contributed by atoms with Crippen molar-refractivity contribution in [2.75, 3.05) is 0 Å². The minimum absolute atomic E-state index is 0.540. The predicted octanol–water partition coefficient (Wildman–Crippen LogP) is 8.78. The highest BCUT2D eigenvalue weighted by Crippen LogP contribution is 2.50. The van der Waals surface area contributed by atoms with Gasteiger partial charge in [0, 0.05) is 11.1 Å². The molecule has 29 heavy (non-hydrogen) atoms. The van der Waals surface area contributed by atoms with Gasteiger partial charge in [0.1, 0.15) is 11.5 Å². The van der Waals surface area contributed by atoms with Crippen molar-refractivity contribution >= 4 is 40.4 Å². The number of benzene rings is 2. The van der Waals surface area contributed by atoms with Gasteiger partial charge in [-0.2, -0.15) is 0 Å². The molecule has 2 saturated carbocycles. The second-order valence-electron chi connectivity index (χ2n) is 8.46. The van der Waals surface area contributed by atoms with Crippen LogP contribution in [0.5, 0.6) is 11.5 Å². The molecule has 2 fully saturated rings. The van der Waals surface area contributed by atoms with Crippen LogP contribution in [0.25, 0.3) is 0 Å². The van der Waals surface area contributed by atoms with E-state index in [1.165, 1.54) is 64.2 Å². The fraction of sp³-hybridized carbons (Fsp3) is 0.500. The Hall–Kier alpha value is -0.783. The molecule has 0 spiro atoms. The molecule has 4 rings (SSSR count). The summed E-state index contributed by atoms with van der Waals surface area (Å²) >= 11 is 7.46. The molecule has 0 aliphatic heterocycles. The average Bonchev–Trinajstić information content (AvgIpc) is 2.77. The van der Waals surface area contributed by atoms with Crippen LogP contribution >= 0.6 is 31.9 Å². The van der Waals surface area contributed by atoms with Gasteiger partial charge < -0.3 is 8.85 Å². The fourth-order valence-corrected chi connectivity index (χ4v) is 11.0. The number of hydrogen-bond donors (Lipinski definition) is 0. The van der Waals surface area contributed by atoms with E-state index in [1.54, 1.807) is 0 Å². The van der Waals surface area contributed by atoms with E-state index < -0.39 is 8.56 Å². The Morgan fingerprint density at radius 2 is 0.966 bits per heavy atom. The highest BCUT2D eigenvalue weighted by molar-refractivity contribution is 9.10. The minimum Gasteiger partial charge on any atom is -0.511 e. The van der Waals surface area contributed by atoms with Gasteiger partial charge in [-0.1, -0.05) is 62.8 Å². The van der Waals surface area contributed by atoms with Crippen LogP contribution in [0.2, 0.25) is 11.1 Å². The van der Waals surface area contributed by atoms with Crippen molar-refractivity contribution in [3.8, 4) is 11.5 Å². The lowest BCUT2D eigenvalue weighted by Crippen LogP contribution is -2.57. The quantitative estimate of drug-likeness (QED) is 0.343. The molecule has 156 valence electrons. The smallest absolute Gasteiger partial charge is 0.466 e. The molecule has 2 aromatic rings. The van der Waals surface area contributed by atoms with Crippen LogP contribution in [0.4, 0.5) is 0 Å². The second-order valence-corrected chi connectivity index (χ2v) is 13.6. The van der Waals surface area contributed by atoms with Crippen molar-refractivity contribution in [2.24, 2.45) is 0 Å². The van der Waals surface area contributed by atoms with Crippen LogP contribution in [0.3, 0.4) is 0 Å². The summed E-state index contributed by atoms with van der Waals surface area (Å²) in [6.07, 6.45) is 12.8. The largest absolute Gasteiger partial charge is 0.511 e. The maximum atomic E-state index is 7.12. The van der Waals surface area contributed by atoms with Gasteiger partial charge >= 0.3 is 8.56 Å². The van der Waals surface area contributed by atoms with E-state index in [4.69, 9.17) is 8.85 Å². The summed E-state index contributed by atoms with van der Waals surface area (Å²) in [5.41, 5.74) is 1.08. The predicted molar refractivity (Wildman–Crippen MR) is 129 cm³/mol. The molecule has 0 saturated heterocycles. The SMILES string of the molecule is Brc1ccccc1O[Si](Oc1ccccc1Br)(C1CCCCC1)C1CCCCC1. The molecule has 2 aliphatic carbocycles. The molecule has 5 heteroatoms. The van der Waals surface area contributed by atoms with Crippen molar-refractivity contribution in [3.05, 3.63) is 57.5 Å². The maximum Gasteiger partial charge on any atom is 0.466 e. The second kappa shape index (κ2) is 10.0. The van der Waals surface area contributed by atoms with Crippen LogP contribution in [0, 0.1) is 0 Å². The van der Waals surface area contributed by atoms with E-state index in [1.807, 2.05) is 0 Å². The first-order chi connectivity index (χ1) is 14.2. The molecule has 2 nitrogen and oxygen atoms in total. The Morgan fingerprint density at radius 3 is 1.34 bits per heavy atom. The molecule has 0 N–H and O–H groups in total. The van der Waals surface area contributed by atoms with Crippen LogP contribution < -0.4 is 8.85 Å². The summed E-state index contributed by atoms with van der Waals surface area (Å²) in [7, 11) is -2.60. The summed E-state index contributed by atoms with van der Waals surface area (Å²) in [6.45, 7) is 0. The normalized spacial score (nSPS) is 19.1. The Bertz CT molecular complexity index is 733. The zero-order valence-corrected chi connectivity index (χ0v) is 21.1. The van der Waals surface area contributed by atoms with Gasteiger partial charge in [0.05, 0.1) is 8.95 Å². The third kappa shape index (κ3) is 4.94. The van der Waals surface area contributed by atoms with Crippen LogP contribution in [0.15, 0.2) is 57.5 Å². The Labute approximate surface area is 192 Å². The van der Waals surface area contributed by atoms with Gasteiger partial charge in [0.25, 0.3) is 0 Å². The molecule has 0 unspecified atom stereocenters. The summed E-state index contributed by atoms with van der Waals surface area (Å²) in [5, 5.41) is 0. The summed E-state index contributed by atoms with van der Waals surface area (Å²) in [5.74, 6) is 1.89. The van der Waals surface area contributed by atoms with Gasteiger partial charge in [-0.05, 0) is 81.8 Å². The third-order valence-electron chi connectivity index (χ3n) is 6.56. The van der Waals surface area contributed by atoms with Gasteiger partial charge in [-0.25, -0.2) is 0 Å². The maximum absolute atomic E-state index is 7.12. The Morgan fingerprint density at radius 1 is 0.586 bits per heavy atom. The minimum atomic E-state index is -2.60. The summed E-state index contributed by atoms with van der Waals surface area (Å²) in [4.78, 5) is 0. The molecule has 2 aliphatic rings. The topological polar surface area (TPSA) is 18.5 Å². The summed E-state index contributed by atoms with van der Waals surface area (Å²) in [6, 6.07) is 16.6. The molecule has 0 heterocycles. The zero-order chi connectivity index (χ0) is 20.1. The fourth-order valence-electron chi connectivity index (χ4n) is 5.10. The standard InChI is InChI=1S/C24H30Br2O2Si/c25-21-15-7-9-17-23(21)27-29(19-11-3-1-4-12-19,20-13-5-2-6-14-20)28-24-18-10-8-16-22(24)26/h7-10,15-20H,1-6,11-14H2. The monoisotopic (exact) mass is 536 g/mol. The molecule has 0 radical (unpaired) electrons. The molecule has 2 aromatic carbocycles. The van der Waals surface area contributed by atoms with Gasteiger partial charge in [-0.3, -0.25) is 0 Å². The summed E-state index contributed by atoms with van der Waals surface area (Å²) < 4.78 is 16.3.